The third-order valence-electron chi connectivity index (χ3n) is 2.31. The van der Waals surface area contributed by atoms with Gasteiger partial charge in [0.2, 0.25) is 0 Å². The Morgan fingerprint density at radius 2 is 2.06 bits per heavy atom. The van der Waals surface area contributed by atoms with E-state index in [4.69, 9.17) is 5.73 Å². The fraction of sp³-hybridized carbons (Fsp3) is 0.455. The van der Waals surface area contributed by atoms with Crippen LogP contribution < -0.4 is 11.1 Å². The Bertz CT molecular complexity index is 342. The summed E-state index contributed by atoms with van der Waals surface area (Å²) < 4.78 is 0. The molecule has 5 heteroatoms. The number of nitrogens with one attached hydrogen (secondary N) is 1. The van der Waals surface area contributed by atoms with Crippen LogP contribution in [0, 0.1) is 10.1 Å². The summed E-state index contributed by atoms with van der Waals surface area (Å²) in [6, 6.07) is 6.78. The van der Waals surface area contributed by atoms with Gasteiger partial charge in [0.05, 0.1) is 4.92 Å². The van der Waals surface area contributed by atoms with Gasteiger partial charge in [0.1, 0.15) is 0 Å². The van der Waals surface area contributed by atoms with Gasteiger partial charge in [0.15, 0.2) is 0 Å². The minimum Gasteiger partial charge on any atom is -0.330 e. The van der Waals surface area contributed by atoms with Crippen LogP contribution in [0.4, 0.5) is 5.69 Å². The van der Waals surface area contributed by atoms with Crippen LogP contribution in [0.15, 0.2) is 24.3 Å². The van der Waals surface area contributed by atoms with Crippen molar-refractivity contribution in [3.63, 3.8) is 0 Å². The molecule has 0 atom stereocenters. The molecule has 0 saturated heterocycles. The second-order valence-electron chi connectivity index (χ2n) is 3.56. The van der Waals surface area contributed by atoms with E-state index >= 15 is 0 Å². The van der Waals surface area contributed by atoms with Crippen LogP contribution in [-0.4, -0.2) is 18.0 Å². The molecular weight excluding hydrogens is 206 g/mol. The number of benzene rings is 1. The summed E-state index contributed by atoms with van der Waals surface area (Å²) in [6.07, 6.45) is 1.97. The maximum absolute atomic E-state index is 10.7. The van der Waals surface area contributed by atoms with E-state index in [-0.39, 0.29) is 10.6 Å². The van der Waals surface area contributed by atoms with Gasteiger partial charge in [0, 0.05) is 18.2 Å². The molecule has 0 aliphatic carbocycles. The number of nitrogens with two attached hydrogens (primary N) is 1. The summed E-state index contributed by atoms with van der Waals surface area (Å²) in [4.78, 5) is 10.4. The predicted octanol–water partition coefficient (Wildman–Crippen LogP) is 1.42. The predicted molar refractivity (Wildman–Crippen MR) is 63.1 cm³/mol. The molecule has 0 aromatic heterocycles. The number of rotatable bonds is 7. The van der Waals surface area contributed by atoms with Crippen LogP contribution >= 0.6 is 0 Å². The second kappa shape index (κ2) is 6.92. The van der Waals surface area contributed by atoms with Crippen LogP contribution in [0.3, 0.4) is 0 Å². The van der Waals surface area contributed by atoms with Gasteiger partial charge < -0.3 is 11.1 Å². The summed E-state index contributed by atoms with van der Waals surface area (Å²) in [5.74, 6) is 0. The average Bonchev–Trinajstić information content (AvgIpc) is 2.29. The van der Waals surface area contributed by atoms with Gasteiger partial charge in [-0.15, -0.1) is 0 Å². The SMILES string of the molecule is NCCCCNCc1ccccc1[N+](=O)[O-]. The van der Waals surface area contributed by atoms with Gasteiger partial charge in [-0.1, -0.05) is 18.2 Å². The maximum Gasteiger partial charge on any atom is 0.273 e. The molecule has 1 aromatic rings. The van der Waals surface area contributed by atoms with E-state index in [1.54, 1.807) is 12.1 Å². The first kappa shape index (κ1) is 12.6. The zero-order valence-electron chi connectivity index (χ0n) is 9.19. The van der Waals surface area contributed by atoms with Crippen LogP contribution in [-0.2, 0) is 6.54 Å². The van der Waals surface area contributed by atoms with Gasteiger partial charge in [-0.25, -0.2) is 0 Å². The first-order valence-electron chi connectivity index (χ1n) is 5.39. The van der Waals surface area contributed by atoms with Crippen molar-refractivity contribution < 1.29 is 4.92 Å². The molecule has 0 unspecified atom stereocenters. The molecule has 0 heterocycles. The Balaban J connectivity index is 2.44. The maximum atomic E-state index is 10.7. The highest BCUT2D eigenvalue weighted by atomic mass is 16.6. The van der Waals surface area contributed by atoms with Crippen molar-refractivity contribution in [2.45, 2.75) is 19.4 Å². The minimum atomic E-state index is -0.350. The molecule has 3 N–H and O–H groups in total. The zero-order valence-corrected chi connectivity index (χ0v) is 9.19. The Labute approximate surface area is 94.8 Å². The number of hydrogen-bond donors (Lipinski definition) is 2. The van der Waals surface area contributed by atoms with Gasteiger partial charge in [-0.2, -0.15) is 0 Å². The van der Waals surface area contributed by atoms with E-state index in [0.717, 1.165) is 24.9 Å². The number of hydrogen-bond acceptors (Lipinski definition) is 4. The highest BCUT2D eigenvalue weighted by Crippen LogP contribution is 2.16. The van der Waals surface area contributed by atoms with Gasteiger partial charge >= 0.3 is 0 Å². The summed E-state index contributed by atoms with van der Waals surface area (Å²) in [6.45, 7) is 2.05. The Hall–Kier alpha value is -1.46. The molecule has 0 aliphatic heterocycles. The lowest BCUT2D eigenvalue weighted by molar-refractivity contribution is -0.385. The Morgan fingerprint density at radius 1 is 1.31 bits per heavy atom. The van der Waals surface area contributed by atoms with E-state index < -0.39 is 0 Å². The molecule has 5 nitrogen and oxygen atoms in total. The third-order valence-corrected chi connectivity index (χ3v) is 2.31. The first-order valence-corrected chi connectivity index (χ1v) is 5.39. The largest absolute Gasteiger partial charge is 0.330 e. The van der Waals surface area contributed by atoms with Crippen LogP contribution in [0.2, 0.25) is 0 Å². The molecule has 88 valence electrons. The third kappa shape index (κ3) is 3.96. The molecule has 1 rings (SSSR count). The molecule has 0 bridgehead atoms. The topological polar surface area (TPSA) is 81.2 Å². The van der Waals surface area contributed by atoms with Crippen LogP contribution in [0.5, 0.6) is 0 Å². The number of nitrogens with zero attached hydrogens (tertiary/aromatic N) is 1. The van der Waals surface area contributed by atoms with Crippen molar-refractivity contribution in [3.8, 4) is 0 Å². The van der Waals surface area contributed by atoms with Crippen molar-refractivity contribution in [2.24, 2.45) is 5.73 Å². The lowest BCUT2D eigenvalue weighted by Crippen LogP contribution is -2.16. The summed E-state index contributed by atoms with van der Waals surface area (Å²) in [7, 11) is 0. The Kier molecular flexibility index (Phi) is 5.45. The van der Waals surface area contributed by atoms with Gasteiger partial charge in [-0.05, 0) is 25.9 Å². The fourth-order valence-corrected chi connectivity index (χ4v) is 1.46. The highest BCUT2D eigenvalue weighted by Gasteiger charge is 2.10. The smallest absolute Gasteiger partial charge is 0.273 e. The van der Waals surface area contributed by atoms with E-state index in [2.05, 4.69) is 5.32 Å². The molecule has 0 saturated carbocycles. The molecule has 0 radical (unpaired) electrons. The molecular formula is C11H17N3O2. The van der Waals surface area contributed by atoms with Crippen molar-refractivity contribution in [3.05, 3.63) is 39.9 Å². The minimum absolute atomic E-state index is 0.175. The molecule has 0 spiro atoms. The average molecular weight is 223 g/mol. The molecule has 1 aromatic carbocycles. The second-order valence-corrected chi connectivity index (χ2v) is 3.56. The van der Waals surface area contributed by atoms with Crippen molar-refractivity contribution in [1.29, 1.82) is 0 Å². The molecule has 0 amide bonds. The Morgan fingerprint density at radius 3 is 2.75 bits per heavy atom. The molecule has 0 aliphatic rings. The normalized spacial score (nSPS) is 10.3. The van der Waals surface area contributed by atoms with Crippen molar-refractivity contribution >= 4 is 5.69 Å². The van der Waals surface area contributed by atoms with E-state index in [1.165, 1.54) is 6.07 Å². The number of nitro benzene ring substituents is 1. The zero-order chi connectivity index (χ0) is 11.8. The summed E-state index contributed by atoms with van der Waals surface area (Å²) in [5.41, 5.74) is 6.27. The summed E-state index contributed by atoms with van der Waals surface area (Å²) in [5, 5.41) is 13.9. The van der Waals surface area contributed by atoms with Gasteiger partial charge in [-0.3, -0.25) is 10.1 Å². The van der Waals surface area contributed by atoms with Crippen molar-refractivity contribution in [1.82, 2.24) is 5.32 Å². The number of unbranched alkanes of at least 4 members (excludes halogenated alkanes) is 1. The first-order chi connectivity index (χ1) is 7.75. The van der Waals surface area contributed by atoms with Crippen LogP contribution in [0.1, 0.15) is 18.4 Å². The lowest BCUT2D eigenvalue weighted by Gasteiger charge is -2.04. The van der Waals surface area contributed by atoms with E-state index in [0.29, 0.717) is 13.1 Å². The number of para-hydroxylation sites is 1. The highest BCUT2D eigenvalue weighted by molar-refractivity contribution is 5.39. The van der Waals surface area contributed by atoms with Crippen LogP contribution in [0.25, 0.3) is 0 Å². The van der Waals surface area contributed by atoms with Crippen molar-refractivity contribution in [2.75, 3.05) is 13.1 Å². The molecule has 0 fully saturated rings. The monoisotopic (exact) mass is 223 g/mol. The van der Waals surface area contributed by atoms with E-state index in [9.17, 15) is 10.1 Å². The van der Waals surface area contributed by atoms with E-state index in [1.807, 2.05) is 6.07 Å². The lowest BCUT2D eigenvalue weighted by atomic mass is 10.2. The quantitative estimate of drug-likeness (QED) is 0.416. The standard InChI is InChI=1S/C11H17N3O2/c12-7-3-4-8-13-9-10-5-1-2-6-11(10)14(15)16/h1-2,5-6,13H,3-4,7-9,12H2. The number of nitro groups is 1. The fourth-order valence-electron chi connectivity index (χ4n) is 1.46. The summed E-state index contributed by atoms with van der Waals surface area (Å²) >= 11 is 0. The molecule has 16 heavy (non-hydrogen) atoms. The van der Waals surface area contributed by atoms with Gasteiger partial charge in [0.25, 0.3) is 5.69 Å².